The zero-order valence-electron chi connectivity index (χ0n) is 5.18. The first kappa shape index (κ1) is 13.5. The molecule has 0 aromatic rings. The summed E-state index contributed by atoms with van der Waals surface area (Å²) in [6.45, 7) is 0. The van der Waals surface area contributed by atoms with E-state index in [9.17, 15) is 22.0 Å². The number of rotatable bonds is 3. The van der Waals surface area contributed by atoms with Crippen LogP contribution in [-0.2, 0) is 0 Å². The van der Waals surface area contributed by atoms with Crippen LogP contribution < -0.4 is 5.73 Å². The van der Waals surface area contributed by atoms with Gasteiger partial charge >= 0.3 is 0 Å². The van der Waals surface area contributed by atoms with Crippen molar-refractivity contribution in [2.45, 2.75) is 25.1 Å². The van der Waals surface area contributed by atoms with Gasteiger partial charge in [0.05, 0.1) is 0 Å². The van der Waals surface area contributed by atoms with Gasteiger partial charge < -0.3 is 5.73 Å². The van der Waals surface area contributed by atoms with Gasteiger partial charge in [0.1, 0.15) is 6.04 Å². The van der Waals surface area contributed by atoms with Crippen molar-refractivity contribution in [3.8, 4) is 0 Å². The molecule has 11 heavy (non-hydrogen) atoms. The molecule has 0 saturated carbocycles. The predicted molar refractivity (Wildman–Crippen MR) is 32.1 cm³/mol. The zero-order chi connectivity index (χ0) is 8.31. The molecule has 70 valence electrons. The van der Waals surface area contributed by atoms with E-state index in [1.54, 1.807) is 0 Å². The van der Waals surface area contributed by atoms with Crippen LogP contribution in [-0.4, -0.2) is 25.1 Å². The Balaban J connectivity index is 0. The second-order valence-electron chi connectivity index (χ2n) is 1.69. The van der Waals surface area contributed by atoms with Crippen molar-refractivity contribution in [2.75, 3.05) is 0 Å². The molecule has 0 rings (SSSR count). The van der Waals surface area contributed by atoms with Gasteiger partial charge in [0.2, 0.25) is 0 Å². The van der Waals surface area contributed by atoms with Crippen LogP contribution in [0.3, 0.4) is 0 Å². The zero-order valence-corrected chi connectivity index (χ0v) is 6.00. The number of hydrogen-bond donors (Lipinski definition) is 1. The monoisotopic (exact) mass is 199 g/mol. The van der Waals surface area contributed by atoms with Crippen molar-refractivity contribution in [2.24, 2.45) is 5.73 Å². The maximum absolute atomic E-state index is 11.8. The molecule has 0 fully saturated rings. The fraction of sp³-hybridized carbons (Fsp3) is 1.00. The van der Waals surface area contributed by atoms with Crippen molar-refractivity contribution < 1.29 is 22.0 Å². The fourth-order valence-corrected chi connectivity index (χ4v) is 0.307. The van der Waals surface area contributed by atoms with Gasteiger partial charge in [0.25, 0.3) is 12.9 Å². The van der Waals surface area contributed by atoms with Crippen molar-refractivity contribution in [3.05, 3.63) is 0 Å². The van der Waals surface area contributed by atoms with Crippen LogP contribution in [0.2, 0.25) is 0 Å². The Morgan fingerprint density at radius 2 is 1.18 bits per heavy atom. The predicted octanol–water partition coefficient (Wildman–Crippen LogP) is 1.60. The Bertz CT molecular complexity index is 88.5. The second-order valence-corrected chi connectivity index (χ2v) is 1.69. The molecule has 2 N–H and O–H groups in total. The first-order valence-electron chi connectivity index (χ1n) is 2.42. The molecule has 0 heterocycles. The lowest BCUT2D eigenvalue weighted by atomic mass is 10.2. The smallest absolute Gasteiger partial charge is 0.271 e. The van der Waals surface area contributed by atoms with Gasteiger partial charge in [-0.2, -0.15) is 0 Å². The van der Waals surface area contributed by atoms with E-state index in [1.807, 2.05) is 0 Å². The summed E-state index contributed by atoms with van der Waals surface area (Å²) >= 11 is 0. The van der Waals surface area contributed by atoms with Gasteiger partial charge in [0.15, 0.2) is 6.17 Å². The molecule has 0 saturated heterocycles. The molecule has 0 aromatic heterocycles. The minimum absolute atomic E-state index is 0. The molecular weight excluding hydrogens is 192 g/mol. The summed E-state index contributed by atoms with van der Waals surface area (Å²) in [6, 6.07) is -2.39. The van der Waals surface area contributed by atoms with E-state index in [0.717, 1.165) is 0 Å². The highest BCUT2D eigenvalue weighted by Crippen LogP contribution is 2.13. The maximum Gasteiger partial charge on any atom is 0.271 e. The highest BCUT2D eigenvalue weighted by molar-refractivity contribution is 5.85. The summed E-state index contributed by atoms with van der Waals surface area (Å²) in [5.41, 5.74) is 4.36. The van der Waals surface area contributed by atoms with Crippen LogP contribution in [0.25, 0.3) is 0 Å². The molecule has 0 radical (unpaired) electrons. The highest BCUT2D eigenvalue weighted by atomic mass is 35.5. The summed E-state index contributed by atoms with van der Waals surface area (Å²) in [5, 5.41) is 0. The third-order valence-electron chi connectivity index (χ3n) is 0.899. The van der Waals surface area contributed by atoms with Crippen molar-refractivity contribution in [1.82, 2.24) is 0 Å². The third-order valence-corrected chi connectivity index (χ3v) is 0.899. The van der Waals surface area contributed by atoms with Crippen molar-refractivity contribution in [3.63, 3.8) is 0 Å². The van der Waals surface area contributed by atoms with Crippen LogP contribution >= 0.6 is 12.4 Å². The largest absolute Gasteiger partial charge is 0.320 e. The number of alkyl halides is 5. The van der Waals surface area contributed by atoms with Crippen molar-refractivity contribution in [1.29, 1.82) is 0 Å². The van der Waals surface area contributed by atoms with E-state index in [-0.39, 0.29) is 12.4 Å². The van der Waals surface area contributed by atoms with Crippen LogP contribution in [0.5, 0.6) is 0 Å². The lowest BCUT2D eigenvalue weighted by Gasteiger charge is -2.13. The Hall–Kier alpha value is -0.100. The van der Waals surface area contributed by atoms with Crippen LogP contribution in [0.4, 0.5) is 22.0 Å². The summed E-state index contributed by atoms with van der Waals surface area (Å²) in [7, 11) is 0. The lowest BCUT2D eigenvalue weighted by molar-refractivity contribution is -0.00956. The minimum atomic E-state index is -3.44. The van der Waals surface area contributed by atoms with E-state index in [2.05, 4.69) is 5.73 Å². The van der Waals surface area contributed by atoms with Gasteiger partial charge in [-0.05, 0) is 0 Å². The first-order valence-corrected chi connectivity index (χ1v) is 2.42. The van der Waals surface area contributed by atoms with Crippen LogP contribution in [0.15, 0.2) is 0 Å². The van der Waals surface area contributed by atoms with Gasteiger partial charge in [-0.1, -0.05) is 0 Å². The number of hydrogen-bond acceptors (Lipinski definition) is 1. The minimum Gasteiger partial charge on any atom is -0.320 e. The summed E-state index contributed by atoms with van der Waals surface area (Å²) in [5.74, 6) is 0. The Labute approximate surface area is 66.2 Å². The van der Waals surface area contributed by atoms with E-state index < -0.39 is 25.1 Å². The quantitative estimate of drug-likeness (QED) is 0.687. The Morgan fingerprint density at radius 3 is 1.27 bits per heavy atom. The molecular formula is C4H7ClF5N. The molecule has 0 bridgehead atoms. The molecule has 0 amide bonds. The van der Waals surface area contributed by atoms with E-state index in [4.69, 9.17) is 0 Å². The van der Waals surface area contributed by atoms with E-state index >= 15 is 0 Å². The summed E-state index contributed by atoms with van der Waals surface area (Å²) in [4.78, 5) is 0. The molecule has 7 heteroatoms. The third kappa shape index (κ3) is 4.36. The molecule has 2 atom stereocenters. The molecule has 0 spiro atoms. The second kappa shape index (κ2) is 5.54. The van der Waals surface area contributed by atoms with E-state index in [0.29, 0.717) is 0 Å². The SMILES string of the molecule is Cl.NC(C(F)F)C(F)C(F)F. The Morgan fingerprint density at radius 1 is 0.818 bits per heavy atom. The van der Waals surface area contributed by atoms with Gasteiger partial charge in [-0.25, -0.2) is 22.0 Å². The molecule has 0 aliphatic heterocycles. The Kier molecular flexibility index (Phi) is 6.79. The topological polar surface area (TPSA) is 26.0 Å². The highest BCUT2D eigenvalue weighted by Gasteiger charge is 2.32. The average molecular weight is 200 g/mol. The van der Waals surface area contributed by atoms with E-state index in [1.165, 1.54) is 0 Å². The fourth-order valence-electron chi connectivity index (χ4n) is 0.307. The average Bonchev–Trinajstić information content (AvgIpc) is 1.84. The van der Waals surface area contributed by atoms with Gasteiger partial charge in [0, 0.05) is 0 Å². The molecule has 0 aromatic carbocycles. The maximum atomic E-state index is 11.8. The van der Waals surface area contributed by atoms with Crippen molar-refractivity contribution >= 4 is 12.4 Å². The standard InChI is InChI=1S/C4H6F5N.ClH/c5-1(3(6)7)2(10)4(8)9;/h1-4H,10H2;1H. The molecule has 0 aliphatic rings. The summed E-state index contributed by atoms with van der Waals surface area (Å²) in [6.07, 6.45) is -9.63. The molecule has 0 aliphatic carbocycles. The van der Waals surface area contributed by atoms with Crippen LogP contribution in [0.1, 0.15) is 0 Å². The summed E-state index contributed by atoms with van der Waals surface area (Å²) < 4.78 is 57.0. The number of nitrogens with two attached hydrogens (primary N) is 1. The van der Waals surface area contributed by atoms with Gasteiger partial charge in [-0.3, -0.25) is 0 Å². The normalized spacial score (nSPS) is 16.4. The first-order chi connectivity index (χ1) is 4.46. The molecule has 2 unspecified atom stereocenters. The van der Waals surface area contributed by atoms with Gasteiger partial charge in [-0.15, -0.1) is 12.4 Å². The van der Waals surface area contributed by atoms with Crippen LogP contribution in [0, 0.1) is 0 Å². The lowest BCUT2D eigenvalue weighted by Crippen LogP contribution is -2.42. The number of halogens is 6. The molecule has 1 nitrogen and oxygen atoms in total.